The van der Waals surface area contributed by atoms with Crippen molar-refractivity contribution >= 4 is 23.1 Å². The summed E-state index contributed by atoms with van der Waals surface area (Å²) in [5, 5.41) is 10.4. The van der Waals surface area contributed by atoms with Crippen LogP contribution < -0.4 is 21.5 Å². The number of benzene rings is 1. The van der Waals surface area contributed by atoms with Crippen LogP contribution in [0.1, 0.15) is 16.1 Å². The molecule has 4 N–H and O–H groups in total. The highest BCUT2D eigenvalue weighted by Crippen LogP contribution is 2.22. The van der Waals surface area contributed by atoms with E-state index in [1.165, 1.54) is 0 Å². The number of anilines is 3. The first kappa shape index (κ1) is 14.7. The zero-order valence-corrected chi connectivity index (χ0v) is 12.2. The fraction of sp³-hybridized carbons (Fsp3) is 0.214. The van der Waals surface area contributed by atoms with Crippen LogP contribution in [0, 0.1) is 6.92 Å². The number of nitrogens with two attached hydrogens (primary N) is 1. The number of nitrogens with one attached hydrogen (secondary N) is 2. The van der Waals surface area contributed by atoms with E-state index in [0.717, 1.165) is 11.3 Å². The van der Waals surface area contributed by atoms with Crippen LogP contribution in [0.3, 0.4) is 0 Å². The largest absolute Gasteiger partial charge is 0.377 e. The molecule has 1 heterocycles. The van der Waals surface area contributed by atoms with E-state index in [9.17, 15) is 4.79 Å². The maximum Gasteiger partial charge on any atom is 0.276 e. The van der Waals surface area contributed by atoms with Gasteiger partial charge in [-0.15, -0.1) is 10.2 Å². The second-order valence-corrected chi connectivity index (χ2v) is 4.80. The lowest BCUT2D eigenvalue weighted by Crippen LogP contribution is -2.17. The summed E-state index contributed by atoms with van der Waals surface area (Å²) in [6.07, 6.45) is 0. The molecule has 0 bridgehead atoms. The quantitative estimate of drug-likeness (QED) is 0.580. The van der Waals surface area contributed by atoms with E-state index in [-0.39, 0.29) is 11.6 Å². The minimum absolute atomic E-state index is 0.223. The van der Waals surface area contributed by atoms with E-state index in [1.54, 1.807) is 12.1 Å². The molecule has 0 saturated carbocycles. The molecule has 1 aromatic heterocycles. The Morgan fingerprint density at radius 1 is 1.19 bits per heavy atom. The number of aryl methyl sites for hydroxylation is 1. The van der Waals surface area contributed by atoms with Crippen molar-refractivity contribution in [1.82, 2.24) is 10.2 Å². The van der Waals surface area contributed by atoms with Gasteiger partial charge in [-0.2, -0.15) is 0 Å². The molecule has 7 heteroatoms. The molecular weight excluding hydrogens is 268 g/mol. The number of carbonyl (C=O) groups excluding carboxylic acids is 1. The second kappa shape index (κ2) is 6.19. The number of carbonyl (C=O) groups is 1. The van der Waals surface area contributed by atoms with Crippen molar-refractivity contribution in [3.63, 3.8) is 0 Å². The van der Waals surface area contributed by atoms with Gasteiger partial charge in [0.25, 0.3) is 5.91 Å². The van der Waals surface area contributed by atoms with Crippen LogP contribution in [0.2, 0.25) is 0 Å². The van der Waals surface area contributed by atoms with Gasteiger partial charge in [0.1, 0.15) is 0 Å². The lowest BCUT2D eigenvalue weighted by atomic mass is 10.1. The summed E-state index contributed by atoms with van der Waals surface area (Å²) >= 11 is 0. The minimum atomic E-state index is -0.320. The van der Waals surface area contributed by atoms with Crippen molar-refractivity contribution in [2.24, 2.45) is 5.84 Å². The zero-order chi connectivity index (χ0) is 15.4. The van der Waals surface area contributed by atoms with Crippen molar-refractivity contribution in [2.45, 2.75) is 6.92 Å². The highest BCUT2D eigenvalue weighted by atomic mass is 16.1. The molecule has 0 aliphatic heterocycles. The average Bonchev–Trinajstić information content (AvgIpc) is 2.49. The third-order valence-corrected chi connectivity index (χ3v) is 2.99. The van der Waals surface area contributed by atoms with E-state index in [1.807, 2.05) is 44.1 Å². The Morgan fingerprint density at radius 3 is 2.52 bits per heavy atom. The number of hydrazine groups is 1. The predicted octanol–water partition coefficient (Wildman–Crippen LogP) is 1.39. The fourth-order valence-corrected chi connectivity index (χ4v) is 1.89. The highest BCUT2D eigenvalue weighted by molar-refractivity contribution is 6.03. The third kappa shape index (κ3) is 3.46. The standard InChI is InChI=1S/C14H18N6O/c1-9-4-5-10(8-12(9)20(2)3)16-14(21)11-6-7-13(17-15)19-18-11/h4-8H,15H2,1-3H3,(H,16,21)(H,17,19). The molecule has 2 rings (SSSR count). The molecule has 0 aliphatic carbocycles. The number of amides is 1. The van der Waals surface area contributed by atoms with Gasteiger partial charge in [0.05, 0.1) is 0 Å². The molecule has 0 fully saturated rings. The maximum atomic E-state index is 12.1. The Kier molecular flexibility index (Phi) is 4.34. The Balaban J connectivity index is 2.17. The lowest BCUT2D eigenvalue weighted by Gasteiger charge is -2.17. The van der Waals surface area contributed by atoms with E-state index >= 15 is 0 Å². The summed E-state index contributed by atoms with van der Waals surface area (Å²) < 4.78 is 0. The van der Waals surface area contributed by atoms with Gasteiger partial charge in [0, 0.05) is 25.5 Å². The van der Waals surface area contributed by atoms with Crippen LogP contribution in [0.5, 0.6) is 0 Å². The molecule has 0 spiro atoms. The Hall–Kier alpha value is -2.67. The molecular formula is C14H18N6O. The number of hydrogen-bond donors (Lipinski definition) is 3. The average molecular weight is 286 g/mol. The van der Waals surface area contributed by atoms with Crippen molar-refractivity contribution in [2.75, 3.05) is 29.7 Å². The van der Waals surface area contributed by atoms with Gasteiger partial charge in [-0.05, 0) is 36.8 Å². The predicted molar refractivity (Wildman–Crippen MR) is 83.3 cm³/mol. The van der Waals surface area contributed by atoms with E-state index in [4.69, 9.17) is 5.84 Å². The third-order valence-electron chi connectivity index (χ3n) is 2.99. The van der Waals surface area contributed by atoms with Crippen LogP contribution in [-0.2, 0) is 0 Å². The van der Waals surface area contributed by atoms with Crippen LogP contribution in [0.25, 0.3) is 0 Å². The van der Waals surface area contributed by atoms with Crippen LogP contribution in [0.15, 0.2) is 30.3 Å². The number of rotatable bonds is 4. The van der Waals surface area contributed by atoms with Gasteiger partial charge in [-0.3, -0.25) is 4.79 Å². The highest BCUT2D eigenvalue weighted by Gasteiger charge is 2.10. The van der Waals surface area contributed by atoms with E-state index in [2.05, 4.69) is 20.9 Å². The first-order chi connectivity index (χ1) is 10.0. The van der Waals surface area contributed by atoms with Gasteiger partial charge in [-0.1, -0.05) is 6.07 Å². The van der Waals surface area contributed by atoms with Crippen molar-refractivity contribution < 1.29 is 4.79 Å². The molecule has 7 nitrogen and oxygen atoms in total. The molecule has 0 atom stereocenters. The summed E-state index contributed by atoms with van der Waals surface area (Å²) in [5.41, 5.74) is 5.47. The molecule has 21 heavy (non-hydrogen) atoms. The molecule has 0 unspecified atom stereocenters. The van der Waals surface area contributed by atoms with Gasteiger partial charge < -0.3 is 15.6 Å². The van der Waals surface area contributed by atoms with Crippen LogP contribution in [0.4, 0.5) is 17.2 Å². The van der Waals surface area contributed by atoms with Crippen molar-refractivity contribution in [3.05, 3.63) is 41.6 Å². The first-order valence-corrected chi connectivity index (χ1v) is 6.41. The summed E-state index contributed by atoms with van der Waals surface area (Å²) in [4.78, 5) is 14.1. The molecule has 110 valence electrons. The molecule has 1 amide bonds. The molecule has 0 saturated heterocycles. The molecule has 2 aromatic rings. The van der Waals surface area contributed by atoms with Gasteiger partial charge in [-0.25, -0.2) is 5.84 Å². The summed E-state index contributed by atoms with van der Waals surface area (Å²) in [6, 6.07) is 8.86. The Bertz CT molecular complexity index is 638. The number of nitrogens with zero attached hydrogens (tertiary/aromatic N) is 3. The Labute approximate surface area is 123 Å². The molecule has 0 aliphatic rings. The normalized spacial score (nSPS) is 10.1. The number of nitrogen functional groups attached to an aromatic ring is 1. The van der Waals surface area contributed by atoms with Crippen LogP contribution in [-0.4, -0.2) is 30.2 Å². The SMILES string of the molecule is Cc1ccc(NC(=O)c2ccc(NN)nn2)cc1N(C)C. The smallest absolute Gasteiger partial charge is 0.276 e. The summed E-state index contributed by atoms with van der Waals surface area (Å²) in [6.45, 7) is 2.02. The minimum Gasteiger partial charge on any atom is -0.377 e. The molecule has 0 radical (unpaired) electrons. The fourth-order valence-electron chi connectivity index (χ4n) is 1.89. The monoisotopic (exact) mass is 286 g/mol. The van der Waals surface area contributed by atoms with Gasteiger partial charge in [0.2, 0.25) is 0 Å². The summed E-state index contributed by atoms with van der Waals surface area (Å²) in [7, 11) is 3.91. The lowest BCUT2D eigenvalue weighted by molar-refractivity contribution is 0.102. The second-order valence-electron chi connectivity index (χ2n) is 4.80. The maximum absolute atomic E-state index is 12.1. The van der Waals surface area contributed by atoms with Gasteiger partial charge in [0.15, 0.2) is 11.5 Å². The van der Waals surface area contributed by atoms with E-state index < -0.39 is 0 Å². The van der Waals surface area contributed by atoms with Crippen LogP contribution >= 0.6 is 0 Å². The summed E-state index contributed by atoms with van der Waals surface area (Å²) in [5.74, 6) is 5.28. The molecule has 1 aromatic carbocycles. The number of hydrogen-bond acceptors (Lipinski definition) is 6. The van der Waals surface area contributed by atoms with Crippen molar-refractivity contribution in [3.8, 4) is 0 Å². The number of aromatic nitrogens is 2. The van der Waals surface area contributed by atoms with E-state index in [0.29, 0.717) is 11.5 Å². The first-order valence-electron chi connectivity index (χ1n) is 6.41. The topological polar surface area (TPSA) is 96.2 Å². The Morgan fingerprint density at radius 2 is 1.95 bits per heavy atom. The van der Waals surface area contributed by atoms with Crippen molar-refractivity contribution in [1.29, 1.82) is 0 Å². The zero-order valence-electron chi connectivity index (χ0n) is 12.2. The van der Waals surface area contributed by atoms with Gasteiger partial charge >= 0.3 is 0 Å².